The Bertz CT molecular complexity index is 713. The van der Waals surface area contributed by atoms with Gasteiger partial charge < -0.3 is 14.7 Å². The summed E-state index contributed by atoms with van der Waals surface area (Å²) in [6, 6.07) is 16.6. The number of hydrogen-bond acceptors (Lipinski definition) is 3. The Morgan fingerprint density at radius 1 is 1.08 bits per heavy atom. The van der Waals surface area contributed by atoms with Gasteiger partial charge in [0.25, 0.3) is 5.91 Å². The number of carboxylic acid groups (broad SMARTS) is 1. The molecule has 132 valence electrons. The van der Waals surface area contributed by atoms with E-state index in [1.807, 2.05) is 44.2 Å². The second-order valence-corrected chi connectivity index (χ2v) is 6.28. The molecular formula is C20H23NO4. The Hall–Kier alpha value is -2.82. The predicted molar refractivity (Wildman–Crippen MR) is 95.6 cm³/mol. The van der Waals surface area contributed by atoms with Gasteiger partial charge >= 0.3 is 5.97 Å². The van der Waals surface area contributed by atoms with Crippen LogP contribution in [0, 0.1) is 5.92 Å². The number of rotatable bonds is 8. The molecule has 0 aromatic heterocycles. The maximum atomic E-state index is 12.6. The van der Waals surface area contributed by atoms with Crippen LogP contribution < -0.4 is 4.74 Å². The Morgan fingerprint density at radius 3 is 2.44 bits per heavy atom. The lowest BCUT2D eigenvalue weighted by Gasteiger charge is -2.23. The van der Waals surface area contributed by atoms with Gasteiger partial charge in [0.15, 0.2) is 0 Å². The minimum absolute atomic E-state index is 0.181. The van der Waals surface area contributed by atoms with Crippen LogP contribution in [-0.2, 0) is 11.4 Å². The molecule has 0 aliphatic rings. The highest BCUT2D eigenvalue weighted by atomic mass is 16.5. The molecule has 0 atom stereocenters. The second-order valence-electron chi connectivity index (χ2n) is 6.28. The van der Waals surface area contributed by atoms with Gasteiger partial charge in [0.2, 0.25) is 0 Å². The molecule has 0 aliphatic carbocycles. The first-order chi connectivity index (χ1) is 12.0. The minimum Gasteiger partial charge on any atom is -0.489 e. The molecule has 0 fully saturated rings. The molecule has 0 aliphatic heterocycles. The van der Waals surface area contributed by atoms with E-state index in [-0.39, 0.29) is 18.4 Å². The third kappa shape index (κ3) is 5.95. The van der Waals surface area contributed by atoms with Crippen molar-refractivity contribution in [1.29, 1.82) is 0 Å². The summed E-state index contributed by atoms with van der Waals surface area (Å²) in [4.78, 5) is 25.0. The fourth-order valence-corrected chi connectivity index (χ4v) is 2.47. The number of nitrogens with zero attached hydrogens (tertiary/aromatic N) is 1. The highest BCUT2D eigenvalue weighted by Gasteiger charge is 2.20. The van der Waals surface area contributed by atoms with Crippen molar-refractivity contribution in [3.05, 3.63) is 65.7 Å². The Kier molecular flexibility index (Phi) is 6.57. The van der Waals surface area contributed by atoms with E-state index in [4.69, 9.17) is 9.84 Å². The topological polar surface area (TPSA) is 66.8 Å². The Labute approximate surface area is 147 Å². The van der Waals surface area contributed by atoms with E-state index in [0.717, 1.165) is 5.56 Å². The second kappa shape index (κ2) is 8.87. The molecule has 5 heteroatoms. The molecule has 1 N–H and O–H groups in total. The van der Waals surface area contributed by atoms with E-state index in [9.17, 15) is 9.59 Å². The van der Waals surface area contributed by atoms with E-state index < -0.39 is 5.97 Å². The lowest BCUT2D eigenvalue weighted by atomic mass is 10.1. The molecular weight excluding hydrogens is 318 g/mol. The van der Waals surface area contributed by atoms with Crippen LogP contribution in [-0.4, -0.2) is 35.0 Å². The fourth-order valence-electron chi connectivity index (χ4n) is 2.47. The lowest BCUT2D eigenvalue weighted by molar-refractivity contribution is -0.137. The quantitative estimate of drug-likeness (QED) is 0.798. The van der Waals surface area contributed by atoms with Gasteiger partial charge in [-0.25, -0.2) is 0 Å². The van der Waals surface area contributed by atoms with Crippen molar-refractivity contribution in [2.24, 2.45) is 5.92 Å². The summed E-state index contributed by atoms with van der Waals surface area (Å²) >= 11 is 0. The minimum atomic E-state index is -1.02. The molecule has 2 aromatic carbocycles. The van der Waals surface area contributed by atoms with Crippen LogP contribution in [0.3, 0.4) is 0 Å². The Morgan fingerprint density at radius 2 is 1.80 bits per heavy atom. The van der Waals surface area contributed by atoms with E-state index in [1.165, 1.54) is 4.90 Å². The third-order valence-corrected chi connectivity index (χ3v) is 3.53. The molecule has 0 radical (unpaired) electrons. The van der Waals surface area contributed by atoms with E-state index in [1.54, 1.807) is 24.3 Å². The Balaban J connectivity index is 2.09. The van der Waals surface area contributed by atoms with E-state index in [2.05, 4.69) is 0 Å². The number of hydrogen-bond donors (Lipinski definition) is 1. The first-order valence-electron chi connectivity index (χ1n) is 8.23. The monoisotopic (exact) mass is 341 g/mol. The maximum Gasteiger partial charge on any atom is 0.323 e. The molecule has 25 heavy (non-hydrogen) atoms. The molecule has 0 heterocycles. The SMILES string of the molecule is CC(C)CN(CC(=O)O)C(=O)c1cccc(OCc2ccccc2)c1. The number of carbonyl (C=O) groups excluding carboxylic acids is 1. The van der Waals surface area contributed by atoms with Gasteiger partial charge in [0, 0.05) is 12.1 Å². The van der Waals surface area contributed by atoms with Crippen LogP contribution in [0.1, 0.15) is 29.8 Å². The summed E-state index contributed by atoms with van der Waals surface area (Å²) < 4.78 is 5.74. The van der Waals surface area contributed by atoms with Gasteiger partial charge in [-0.15, -0.1) is 0 Å². The maximum absolute atomic E-state index is 12.6. The zero-order valence-electron chi connectivity index (χ0n) is 14.5. The standard InChI is InChI=1S/C20H23NO4/c1-15(2)12-21(13-19(22)23)20(24)17-9-6-10-18(11-17)25-14-16-7-4-3-5-8-16/h3-11,15H,12-14H2,1-2H3,(H,22,23). The van der Waals surface area contributed by atoms with Gasteiger partial charge in [-0.2, -0.15) is 0 Å². The summed E-state index contributed by atoms with van der Waals surface area (Å²) in [7, 11) is 0. The average Bonchev–Trinajstić information content (AvgIpc) is 2.59. The summed E-state index contributed by atoms with van der Waals surface area (Å²) in [6.07, 6.45) is 0. The summed E-state index contributed by atoms with van der Waals surface area (Å²) in [5.41, 5.74) is 1.46. The smallest absolute Gasteiger partial charge is 0.323 e. The number of aliphatic carboxylic acids is 1. The van der Waals surface area contributed by atoms with Crippen LogP contribution in [0.25, 0.3) is 0 Å². The van der Waals surface area contributed by atoms with Gasteiger partial charge in [-0.3, -0.25) is 9.59 Å². The van der Waals surface area contributed by atoms with Crippen molar-refractivity contribution in [3.8, 4) is 5.75 Å². The zero-order valence-corrected chi connectivity index (χ0v) is 14.5. The van der Waals surface area contributed by atoms with Crippen molar-refractivity contribution in [3.63, 3.8) is 0 Å². The molecule has 5 nitrogen and oxygen atoms in total. The molecule has 0 saturated carbocycles. The highest BCUT2D eigenvalue weighted by molar-refractivity contribution is 5.96. The number of carbonyl (C=O) groups is 2. The van der Waals surface area contributed by atoms with Crippen molar-refractivity contribution in [2.45, 2.75) is 20.5 Å². The molecule has 0 bridgehead atoms. The van der Waals surface area contributed by atoms with Crippen molar-refractivity contribution in [1.82, 2.24) is 4.90 Å². The van der Waals surface area contributed by atoms with E-state index in [0.29, 0.717) is 24.5 Å². The van der Waals surface area contributed by atoms with Crippen LogP contribution in [0.15, 0.2) is 54.6 Å². The van der Waals surface area contributed by atoms with Crippen LogP contribution in [0.2, 0.25) is 0 Å². The first kappa shape index (κ1) is 18.5. The predicted octanol–water partition coefficient (Wildman–Crippen LogP) is 3.45. The summed E-state index contributed by atoms with van der Waals surface area (Å²) in [5.74, 6) is -0.568. The molecule has 2 aromatic rings. The van der Waals surface area contributed by atoms with Gasteiger partial charge in [-0.05, 0) is 29.7 Å². The molecule has 1 amide bonds. The zero-order chi connectivity index (χ0) is 18.2. The molecule has 0 unspecified atom stereocenters. The molecule has 0 saturated heterocycles. The van der Waals surface area contributed by atoms with Crippen molar-refractivity contribution < 1.29 is 19.4 Å². The lowest BCUT2D eigenvalue weighted by Crippen LogP contribution is -2.38. The number of carboxylic acids is 1. The van der Waals surface area contributed by atoms with Crippen molar-refractivity contribution >= 4 is 11.9 Å². The average molecular weight is 341 g/mol. The fraction of sp³-hybridized carbons (Fsp3) is 0.300. The largest absolute Gasteiger partial charge is 0.489 e. The van der Waals surface area contributed by atoms with Crippen LogP contribution in [0.4, 0.5) is 0 Å². The van der Waals surface area contributed by atoms with Gasteiger partial charge in [0.05, 0.1) is 0 Å². The van der Waals surface area contributed by atoms with Crippen LogP contribution in [0.5, 0.6) is 5.75 Å². The molecule has 0 spiro atoms. The van der Waals surface area contributed by atoms with Crippen molar-refractivity contribution in [2.75, 3.05) is 13.1 Å². The summed E-state index contributed by atoms with van der Waals surface area (Å²) in [6.45, 7) is 4.37. The van der Waals surface area contributed by atoms with E-state index >= 15 is 0 Å². The number of amides is 1. The number of ether oxygens (including phenoxy) is 1. The van der Waals surface area contributed by atoms with Gasteiger partial charge in [-0.1, -0.05) is 50.2 Å². The van der Waals surface area contributed by atoms with Gasteiger partial charge in [0.1, 0.15) is 18.9 Å². The molecule has 2 rings (SSSR count). The first-order valence-corrected chi connectivity index (χ1v) is 8.23. The highest BCUT2D eigenvalue weighted by Crippen LogP contribution is 2.17. The number of benzene rings is 2. The normalized spacial score (nSPS) is 10.5. The third-order valence-electron chi connectivity index (χ3n) is 3.53. The summed E-state index contributed by atoms with van der Waals surface area (Å²) in [5, 5.41) is 9.04. The van der Waals surface area contributed by atoms with Crippen LogP contribution >= 0.6 is 0 Å².